The number of imidazole rings is 1. The molecule has 10 heteroatoms. The van der Waals surface area contributed by atoms with Crippen molar-refractivity contribution in [3.8, 4) is 0 Å². The molecule has 144 valence electrons. The fourth-order valence-electron chi connectivity index (χ4n) is 2.85. The van der Waals surface area contributed by atoms with Crippen LogP contribution in [-0.4, -0.2) is 27.9 Å². The number of nitrogens with zero attached hydrogens (tertiary/aromatic N) is 5. The zero-order valence-corrected chi connectivity index (χ0v) is 16.7. The molecule has 0 aliphatic heterocycles. The Morgan fingerprint density at radius 3 is 2.48 bits per heavy atom. The van der Waals surface area contributed by atoms with Crippen LogP contribution in [0.3, 0.4) is 0 Å². The Bertz CT molecular complexity index is 1050. The van der Waals surface area contributed by atoms with E-state index in [4.69, 9.17) is 16.7 Å². The summed E-state index contributed by atoms with van der Waals surface area (Å²) in [4.78, 5) is 12.5. The summed E-state index contributed by atoms with van der Waals surface area (Å²) in [6.45, 7) is 4.64. The minimum Gasteiger partial charge on any atom is -0.315 e. The smallest absolute Gasteiger partial charge is 0.304 e. The van der Waals surface area contributed by atoms with Gasteiger partial charge >= 0.3 is 10.2 Å². The van der Waals surface area contributed by atoms with Gasteiger partial charge in [0.05, 0.1) is 12.0 Å². The number of unbranched alkanes of at least 4 members (excludes halogenated alkanes) is 1. The first-order valence-corrected chi connectivity index (χ1v) is 10.5. The van der Waals surface area contributed by atoms with Gasteiger partial charge in [0.15, 0.2) is 17.0 Å². The van der Waals surface area contributed by atoms with Crippen molar-refractivity contribution in [2.24, 2.45) is 5.14 Å². The van der Waals surface area contributed by atoms with Crippen LogP contribution in [0.15, 0.2) is 30.6 Å². The van der Waals surface area contributed by atoms with Gasteiger partial charge in [0.1, 0.15) is 0 Å². The van der Waals surface area contributed by atoms with Crippen LogP contribution in [0.25, 0.3) is 11.2 Å². The standard InChI is InChI=1S/C17H21ClN6O2S/c1-3-5-6-12-7-9-13(10-8-12)24(27(19,25)26)16-14-15(21-17(18)22-16)23(4-2)11-20-14/h7-11H,3-6H2,1-2H3,(H2,19,25,26). The molecule has 0 bridgehead atoms. The molecule has 2 heterocycles. The summed E-state index contributed by atoms with van der Waals surface area (Å²) >= 11 is 6.05. The van der Waals surface area contributed by atoms with Crippen molar-refractivity contribution in [1.29, 1.82) is 0 Å². The van der Waals surface area contributed by atoms with Gasteiger partial charge < -0.3 is 4.57 Å². The van der Waals surface area contributed by atoms with E-state index in [1.54, 1.807) is 23.0 Å². The highest BCUT2D eigenvalue weighted by atomic mass is 35.5. The molecular weight excluding hydrogens is 388 g/mol. The van der Waals surface area contributed by atoms with Gasteiger partial charge in [-0.05, 0) is 49.1 Å². The predicted molar refractivity (Wildman–Crippen MR) is 106 cm³/mol. The van der Waals surface area contributed by atoms with Gasteiger partial charge in [-0.3, -0.25) is 0 Å². The summed E-state index contributed by atoms with van der Waals surface area (Å²) in [7, 11) is -4.17. The fraction of sp³-hybridized carbons (Fsp3) is 0.353. The molecule has 3 aromatic rings. The van der Waals surface area contributed by atoms with Crippen molar-refractivity contribution in [3.05, 3.63) is 41.4 Å². The zero-order valence-electron chi connectivity index (χ0n) is 15.1. The third kappa shape index (κ3) is 4.05. The van der Waals surface area contributed by atoms with E-state index in [1.165, 1.54) is 0 Å². The molecular formula is C17H21ClN6O2S. The Labute approximate surface area is 163 Å². The number of aryl methyl sites for hydroxylation is 2. The molecule has 1 aromatic carbocycles. The Morgan fingerprint density at radius 2 is 1.89 bits per heavy atom. The third-order valence-electron chi connectivity index (χ3n) is 4.20. The van der Waals surface area contributed by atoms with Crippen LogP contribution >= 0.6 is 11.6 Å². The first-order chi connectivity index (χ1) is 12.8. The number of nitrogens with two attached hydrogens (primary N) is 1. The van der Waals surface area contributed by atoms with Crippen molar-refractivity contribution < 1.29 is 8.42 Å². The molecule has 0 aliphatic carbocycles. The van der Waals surface area contributed by atoms with E-state index in [9.17, 15) is 8.42 Å². The minimum atomic E-state index is -4.17. The van der Waals surface area contributed by atoms with E-state index in [2.05, 4.69) is 21.9 Å². The van der Waals surface area contributed by atoms with Crippen molar-refractivity contribution in [3.63, 3.8) is 0 Å². The molecule has 0 unspecified atom stereocenters. The summed E-state index contributed by atoms with van der Waals surface area (Å²) in [5.41, 5.74) is 2.24. The maximum Gasteiger partial charge on any atom is 0.304 e. The lowest BCUT2D eigenvalue weighted by Gasteiger charge is -2.21. The average Bonchev–Trinajstić information content (AvgIpc) is 3.03. The summed E-state index contributed by atoms with van der Waals surface area (Å²) in [6, 6.07) is 7.17. The van der Waals surface area contributed by atoms with Gasteiger partial charge in [0, 0.05) is 6.54 Å². The topological polar surface area (TPSA) is 107 Å². The Morgan fingerprint density at radius 1 is 1.19 bits per heavy atom. The van der Waals surface area contributed by atoms with E-state index < -0.39 is 10.2 Å². The highest BCUT2D eigenvalue weighted by Crippen LogP contribution is 2.32. The SMILES string of the molecule is CCCCc1ccc(N(c2nc(Cl)nc3c2ncn3CC)S(N)(=O)=O)cc1. The van der Waals surface area contributed by atoms with Crippen LogP contribution in [0.2, 0.25) is 5.28 Å². The second kappa shape index (κ2) is 7.79. The van der Waals surface area contributed by atoms with Crippen molar-refractivity contribution in [2.75, 3.05) is 4.31 Å². The van der Waals surface area contributed by atoms with Crippen LogP contribution in [0.4, 0.5) is 11.5 Å². The average molecular weight is 409 g/mol. The number of fused-ring (bicyclic) bond motifs is 1. The molecule has 2 aromatic heterocycles. The maximum absolute atomic E-state index is 12.4. The van der Waals surface area contributed by atoms with Crippen LogP contribution in [0.1, 0.15) is 32.3 Å². The number of halogens is 1. The number of hydrogen-bond donors (Lipinski definition) is 1. The van der Waals surface area contributed by atoms with Crippen molar-refractivity contribution in [1.82, 2.24) is 19.5 Å². The van der Waals surface area contributed by atoms with Crippen LogP contribution < -0.4 is 9.44 Å². The monoisotopic (exact) mass is 408 g/mol. The number of hydrogen-bond acceptors (Lipinski definition) is 5. The van der Waals surface area contributed by atoms with Gasteiger partial charge in [-0.25, -0.2) is 14.4 Å². The molecule has 8 nitrogen and oxygen atoms in total. The molecule has 2 N–H and O–H groups in total. The minimum absolute atomic E-state index is 0.0287. The van der Waals surface area contributed by atoms with E-state index in [-0.39, 0.29) is 11.1 Å². The number of benzene rings is 1. The lowest BCUT2D eigenvalue weighted by atomic mass is 10.1. The molecule has 3 rings (SSSR count). The van der Waals surface area contributed by atoms with Gasteiger partial charge in [-0.2, -0.15) is 18.4 Å². The lowest BCUT2D eigenvalue weighted by Crippen LogP contribution is -2.33. The molecule has 0 saturated carbocycles. The summed E-state index contributed by atoms with van der Waals surface area (Å²) in [6.07, 6.45) is 4.64. The first kappa shape index (κ1) is 19.5. The zero-order chi connectivity index (χ0) is 19.6. The fourth-order valence-corrected chi connectivity index (χ4v) is 3.79. The van der Waals surface area contributed by atoms with E-state index in [0.717, 1.165) is 29.1 Å². The molecule has 27 heavy (non-hydrogen) atoms. The number of rotatable bonds is 7. The highest BCUT2D eigenvalue weighted by Gasteiger charge is 2.27. The largest absolute Gasteiger partial charge is 0.315 e. The summed E-state index contributed by atoms with van der Waals surface area (Å²) in [5.74, 6) is 0.0287. The van der Waals surface area contributed by atoms with E-state index in [0.29, 0.717) is 23.4 Å². The second-order valence-electron chi connectivity index (χ2n) is 6.10. The summed E-state index contributed by atoms with van der Waals surface area (Å²) in [5, 5.41) is 5.42. The first-order valence-electron chi connectivity index (χ1n) is 8.65. The van der Waals surface area contributed by atoms with Crippen molar-refractivity contribution in [2.45, 2.75) is 39.7 Å². The van der Waals surface area contributed by atoms with Crippen LogP contribution in [0.5, 0.6) is 0 Å². The van der Waals surface area contributed by atoms with Gasteiger partial charge in [0.2, 0.25) is 5.28 Å². The van der Waals surface area contributed by atoms with Crippen LogP contribution in [0, 0.1) is 0 Å². The normalized spacial score (nSPS) is 11.9. The summed E-state index contributed by atoms with van der Waals surface area (Å²) < 4.78 is 27.5. The Kier molecular flexibility index (Phi) is 5.64. The number of aromatic nitrogens is 4. The van der Waals surface area contributed by atoms with Gasteiger partial charge in [-0.1, -0.05) is 25.5 Å². The van der Waals surface area contributed by atoms with E-state index in [1.807, 2.05) is 19.1 Å². The number of anilines is 2. The predicted octanol–water partition coefficient (Wildman–Crippen LogP) is 3.18. The molecule has 0 amide bonds. The molecule has 0 aliphatic rings. The molecule has 0 spiro atoms. The van der Waals surface area contributed by atoms with Crippen molar-refractivity contribution >= 4 is 44.5 Å². The quantitative estimate of drug-likeness (QED) is 0.604. The van der Waals surface area contributed by atoms with Crippen LogP contribution in [-0.2, 0) is 23.2 Å². The second-order valence-corrected chi connectivity index (χ2v) is 7.83. The molecule has 0 fully saturated rings. The maximum atomic E-state index is 12.4. The highest BCUT2D eigenvalue weighted by molar-refractivity contribution is 7.90. The Hall–Kier alpha value is -2.23. The third-order valence-corrected chi connectivity index (χ3v) is 5.26. The van der Waals surface area contributed by atoms with E-state index >= 15 is 0 Å². The molecule has 0 atom stereocenters. The molecule has 0 radical (unpaired) electrons. The lowest BCUT2D eigenvalue weighted by molar-refractivity contribution is 0.597. The van der Waals surface area contributed by atoms with Gasteiger partial charge in [0.25, 0.3) is 0 Å². The Balaban J connectivity index is 2.15. The van der Waals surface area contributed by atoms with Gasteiger partial charge in [-0.15, -0.1) is 0 Å². The molecule has 0 saturated heterocycles.